The normalized spacial score (nSPS) is 14.6. The number of hydrogen-bond donors (Lipinski definition) is 1. The number of nitrogens with one attached hydrogen (secondary N) is 1. The van der Waals surface area contributed by atoms with Crippen LogP contribution in [0, 0.1) is 6.92 Å². The summed E-state index contributed by atoms with van der Waals surface area (Å²) in [6.07, 6.45) is 3.54. The molecule has 2 aromatic rings. The van der Waals surface area contributed by atoms with Crippen molar-refractivity contribution in [1.82, 2.24) is 9.97 Å². The highest BCUT2D eigenvalue weighted by atomic mass is 79.9. The predicted octanol–water partition coefficient (Wildman–Crippen LogP) is 4.98. The first kappa shape index (κ1) is 14.0. The molecule has 0 radical (unpaired) electrons. The molecule has 3 rings (SSSR count). The van der Waals surface area contributed by atoms with Gasteiger partial charge in [-0.05, 0) is 42.1 Å². The van der Waals surface area contributed by atoms with Gasteiger partial charge in [-0.3, -0.25) is 0 Å². The number of nitrogens with zero attached hydrogens (tertiary/aromatic N) is 2. The van der Waals surface area contributed by atoms with E-state index in [0.29, 0.717) is 5.92 Å². The Morgan fingerprint density at radius 1 is 1.35 bits per heavy atom. The van der Waals surface area contributed by atoms with E-state index in [1.807, 2.05) is 0 Å². The van der Waals surface area contributed by atoms with Crippen LogP contribution in [0.1, 0.15) is 43.5 Å². The number of halogens is 1. The molecule has 0 amide bonds. The topological polar surface area (TPSA) is 37.8 Å². The number of thiophene rings is 1. The summed E-state index contributed by atoms with van der Waals surface area (Å²) < 4.78 is 1.12. The standard InChI is InChI=1S/C15H18BrN3S/c1-3-6-17-14-9(2)13(11-7-20-8-12(11)16)18-15(19-14)10-4-5-10/h7-8,10H,3-6H2,1-2H3,(H,17,18,19). The zero-order valence-corrected chi connectivity index (χ0v) is 14.1. The minimum Gasteiger partial charge on any atom is -0.370 e. The third-order valence-corrected chi connectivity index (χ3v) is 5.22. The molecule has 2 aromatic heterocycles. The maximum absolute atomic E-state index is 4.83. The van der Waals surface area contributed by atoms with Gasteiger partial charge in [-0.25, -0.2) is 9.97 Å². The van der Waals surface area contributed by atoms with Crippen molar-refractivity contribution in [1.29, 1.82) is 0 Å². The molecule has 1 aliphatic carbocycles. The summed E-state index contributed by atoms with van der Waals surface area (Å²) in [5.41, 5.74) is 3.38. The molecule has 1 N–H and O–H groups in total. The summed E-state index contributed by atoms with van der Waals surface area (Å²) in [6, 6.07) is 0. The number of hydrogen-bond acceptors (Lipinski definition) is 4. The summed E-state index contributed by atoms with van der Waals surface area (Å²) in [5, 5.41) is 7.70. The monoisotopic (exact) mass is 351 g/mol. The van der Waals surface area contributed by atoms with Crippen molar-refractivity contribution in [2.24, 2.45) is 0 Å². The van der Waals surface area contributed by atoms with Crippen LogP contribution >= 0.6 is 27.3 Å². The van der Waals surface area contributed by atoms with Crippen LogP contribution in [0.3, 0.4) is 0 Å². The molecule has 106 valence electrons. The SMILES string of the molecule is CCCNc1nc(C2CC2)nc(-c2cscc2Br)c1C. The summed E-state index contributed by atoms with van der Waals surface area (Å²) in [7, 11) is 0. The Bertz CT molecular complexity index is 620. The number of rotatable bonds is 5. The maximum Gasteiger partial charge on any atom is 0.134 e. The van der Waals surface area contributed by atoms with Gasteiger partial charge in [-0.2, -0.15) is 11.3 Å². The highest BCUT2D eigenvalue weighted by Gasteiger charge is 2.28. The van der Waals surface area contributed by atoms with E-state index in [4.69, 9.17) is 9.97 Å². The van der Waals surface area contributed by atoms with Crippen molar-refractivity contribution in [3.05, 3.63) is 26.6 Å². The lowest BCUT2D eigenvalue weighted by molar-refractivity contribution is 0.902. The molecule has 0 aromatic carbocycles. The smallest absolute Gasteiger partial charge is 0.134 e. The van der Waals surface area contributed by atoms with Crippen LogP contribution in [0.4, 0.5) is 5.82 Å². The van der Waals surface area contributed by atoms with Crippen molar-refractivity contribution in [2.75, 3.05) is 11.9 Å². The lowest BCUT2D eigenvalue weighted by Gasteiger charge is -2.13. The van der Waals surface area contributed by atoms with E-state index in [-0.39, 0.29) is 0 Å². The van der Waals surface area contributed by atoms with Crippen LogP contribution in [-0.2, 0) is 0 Å². The predicted molar refractivity (Wildman–Crippen MR) is 88.5 cm³/mol. The first-order valence-corrected chi connectivity index (χ1v) is 8.78. The van der Waals surface area contributed by atoms with Gasteiger partial charge in [0.15, 0.2) is 0 Å². The van der Waals surface area contributed by atoms with Crippen molar-refractivity contribution in [3.63, 3.8) is 0 Å². The van der Waals surface area contributed by atoms with Crippen LogP contribution in [-0.4, -0.2) is 16.5 Å². The summed E-state index contributed by atoms with van der Waals surface area (Å²) in [4.78, 5) is 9.57. The highest BCUT2D eigenvalue weighted by Crippen LogP contribution is 2.41. The van der Waals surface area contributed by atoms with Crippen LogP contribution < -0.4 is 5.32 Å². The zero-order valence-electron chi connectivity index (χ0n) is 11.7. The molecule has 0 bridgehead atoms. The second-order valence-electron chi connectivity index (χ2n) is 5.24. The molecule has 3 nitrogen and oxygen atoms in total. The molecule has 0 spiro atoms. The Labute approximate surface area is 132 Å². The molecule has 0 atom stereocenters. The quantitative estimate of drug-likeness (QED) is 0.825. The third-order valence-electron chi connectivity index (χ3n) is 3.52. The summed E-state index contributed by atoms with van der Waals surface area (Å²) in [6.45, 7) is 5.22. The van der Waals surface area contributed by atoms with Crippen LogP contribution in [0.2, 0.25) is 0 Å². The number of aromatic nitrogens is 2. The molecule has 1 fully saturated rings. The van der Waals surface area contributed by atoms with E-state index in [9.17, 15) is 0 Å². The molecule has 2 heterocycles. The Balaban J connectivity index is 2.07. The van der Waals surface area contributed by atoms with Gasteiger partial charge in [-0.1, -0.05) is 6.92 Å². The molecular weight excluding hydrogens is 334 g/mol. The summed E-state index contributed by atoms with van der Waals surface area (Å²) >= 11 is 5.32. The van der Waals surface area contributed by atoms with Gasteiger partial charge in [0.1, 0.15) is 11.6 Å². The highest BCUT2D eigenvalue weighted by molar-refractivity contribution is 9.10. The summed E-state index contributed by atoms with van der Waals surface area (Å²) in [5.74, 6) is 2.56. The lowest BCUT2D eigenvalue weighted by atomic mass is 10.1. The van der Waals surface area contributed by atoms with Crippen molar-refractivity contribution >= 4 is 33.1 Å². The first-order valence-electron chi connectivity index (χ1n) is 7.05. The second kappa shape index (κ2) is 5.82. The van der Waals surface area contributed by atoms with Gasteiger partial charge in [-0.15, -0.1) is 0 Å². The Morgan fingerprint density at radius 2 is 2.15 bits per heavy atom. The second-order valence-corrected chi connectivity index (χ2v) is 6.84. The van der Waals surface area contributed by atoms with Crippen molar-refractivity contribution in [3.8, 4) is 11.3 Å². The molecule has 5 heteroatoms. The molecular formula is C15H18BrN3S. The molecule has 1 aliphatic rings. The minimum absolute atomic E-state index is 0.564. The minimum atomic E-state index is 0.564. The first-order chi connectivity index (χ1) is 9.70. The van der Waals surface area contributed by atoms with Gasteiger partial charge >= 0.3 is 0 Å². The van der Waals surface area contributed by atoms with E-state index in [0.717, 1.165) is 40.3 Å². The van der Waals surface area contributed by atoms with Crippen molar-refractivity contribution < 1.29 is 0 Å². The number of anilines is 1. The van der Waals surface area contributed by atoms with Crippen LogP contribution in [0.25, 0.3) is 11.3 Å². The van der Waals surface area contributed by atoms with E-state index in [2.05, 4.69) is 45.9 Å². The Morgan fingerprint density at radius 3 is 2.75 bits per heavy atom. The molecule has 0 unspecified atom stereocenters. The van der Waals surface area contributed by atoms with Crippen LogP contribution in [0.5, 0.6) is 0 Å². The van der Waals surface area contributed by atoms with Gasteiger partial charge in [0, 0.05) is 38.8 Å². The molecule has 0 aliphatic heterocycles. The average molecular weight is 352 g/mol. The van der Waals surface area contributed by atoms with Crippen LogP contribution in [0.15, 0.2) is 15.2 Å². The van der Waals surface area contributed by atoms with E-state index < -0.39 is 0 Å². The molecule has 1 saturated carbocycles. The largest absolute Gasteiger partial charge is 0.370 e. The fourth-order valence-corrected chi connectivity index (χ4v) is 3.65. The van der Waals surface area contributed by atoms with Gasteiger partial charge in [0.25, 0.3) is 0 Å². The Hall–Kier alpha value is -0.940. The van der Waals surface area contributed by atoms with E-state index in [1.54, 1.807) is 11.3 Å². The molecule has 20 heavy (non-hydrogen) atoms. The maximum atomic E-state index is 4.83. The van der Waals surface area contributed by atoms with E-state index >= 15 is 0 Å². The fourth-order valence-electron chi connectivity index (χ4n) is 2.19. The zero-order chi connectivity index (χ0) is 14.1. The fraction of sp³-hybridized carbons (Fsp3) is 0.467. The van der Waals surface area contributed by atoms with Gasteiger partial charge in [0.2, 0.25) is 0 Å². The van der Waals surface area contributed by atoms with Gasteiger partial charge < -0.3 is 5.32 Å². The van der Waals surface area contributed by atoms with Crippen molar-refractivity contribution in [2.45, 2.75) is 39.0 Å². The molecule has 0 saturated heterocycles. The van der Waals surface area contributed by atoms with Gasteiger partial charge in [0.05, 0.1) is 5.69 Å². The Kier molecular flexibility index (Phi) is 4.08. The average Bonchev–Trinajstić information content (AvgIpc) is 3.20. The van der Waals surface area contributed by atoms with E-state index in [1.165, 1.54) is 18.4 Å². The third kappa shape index (κ3) is 2.74. The lowest BCUT2D eigenvalue weighted by Crippen LogP contribution is -2.08.